The van der Waals surface area contributed by atoms with Crippen molar-refractivity contribution in [3.63, 3.8) is 0 Å². The van der Waals surface area contributed by atoms with Gasteiger partial charge >= 0.3 is 5.97 Å². The highest BCUT2D eigenvalue weighted by molar-refractivity contribution is 5.81. The summed E-state index contributed by atoms with van der Waals surface area (Å²) < 4.78 is 12.0. The summed E-state index contributed by atoms with van der Waals surface area (Å²) in [6, 6.07) is 0. The minimum atomic E-state index is -0.458. The van der Waals surface area contributed by atoms with E-state index in [-0.39, 0.29) is 22.9 Å². The lowest BCUT2D eigenvalue weighted by Crippen LogP contribution is -2.56. The second kappa shape index (κ2) is 8.19. The number of rotatable bonds is 6. The fourth-order valence-corrected chi connectivity index (χ4v) is 8.16. The van der Waals surface area contributed by atoms with Crippen molar-refractivity contribution in [2.24, 2.45) is 39.9 Å². The Labute approximate surface area is 190 Å². The van der Waals surface area contributed by atoms with Crippen LogP contribution in [0, 0.1) is 39.9 Å². The van der Waals surface area contributed by atoms with Crippen LogP contribution in [-0.4, -0.2) is 19.2 Å². The summed E-state index contributed by atoms with van der Waals surface area (Å²) in [6.45, 7) is 14.2. The van der Waals surface area contributed by atoms with Crippen LogP contribution in [0.5, 0.6) is 0 Å². The molecule has 7 atom stereocenters. The van der Waals surface area contributed by atoms with E-state index in [4.69, 9.17) is 9.47 Å². The molecule has 0 aromatic carbocycles. The highest BCUT2D eigenvalue weighted by Gasteiger charge is 2.64. The zero-order valence-electron chi connectivity index (χ0n) is 21.2. The molecule has 1 heterocycles. The quantitative estimate of drug-likeness (QED) is 0.415. The first-order valence-corrected chi connectivity index (χ1v) is 13.1. The molecule has 0 unspecified atom stereocenters. The van der Waals surface area contributed by atoms with Gasteiger partial charge in [0.1, 0.15) is 5.76 Å². The van der Waals surface area contributed by atoms with Gasteiger partial charge in [0.25, 0.3) is 0 Å². The zero-order chi connectivity index (χ0) is 22.6. The number of ether oxygens (including phenoxy) is 2. The maximum atomic E-state index is 13.5. The molecule has 0 bridgehead atoms. The van der Waals surface area contributed by atoms with Gasteiger partial charge in [0.15, 0.2) is 0 Å². The lowest BCUT2D eigenvalue weighted by atomic mass is 9.49. The van der Waals surface area contributed by atoms with E-state index in [0.29, 0.717) is 5.92 Å². The van der Waals surface area contributed by atoms with Crippen LogP contribution in [0.3, 0.4) is 0 Å². The van der Waals surface area contributed by atoms with Gasteiger partial charge in [-0.25, -0.2) is 0 Å². The number of carbonyl (C=O) groups is 1. The van der Waals surface area contributed by atoms with E-state index in [1.807, 2.05) is 0 Å². The average Bonchev–Trinajstić information content (AvgIpc) is 3.06. The highest BCUT2D eigenvalue weighted by atomic mass is 16.5. The van der Waals surface area contributed by atoms with E-state index in [0.717, 1.165) is 49.2 Å². The third-order valence-corrected chi connectivity index (χ3v) is 10.5. The highest BCUT2D eigenvalue weighted by Crippen LogP contribution is 2.67. The summed E-state index contributed by atoms with van der Waals surface area (Å²) in [4.78, 5) is 13.5. The maximum Gasteiger partial charge on any atom is 0.317 e. The lowest BCUT2D eigenvalue weighted by molar-refractivity contribution is -0.175. The molecule has 0 radical (unpaired) electrons. The topological polar surface area (TPSA) is 35.5 Å². The van der Waals surface area contributed by atoms with E-state index in [1.165, 1.54) is 44.1 Å². The van der Waals surface area contributed by atoms with Crippen LogP contribution in [0.2, 0.25) is 0 Å². The van der Waals surface area contributed by atoms with Crippen molar-refractivity contribution < 1.29 is 14.3 Å². The Bertz CT molecular complexity index is 739. The first-order chi connectivity index (χ1) is 14.6. The molecule has 0 spiro atoms. The summed E-state index contributed by atoms with van der Waals surface area (Å²) in [7, 11) is 1.78. The van der Waals surface area contributed by atoms with Crippen molar-refractivity contribution in [3.8, 4) is 0 Å². The first-order valence-electron chi connectivity index (χ1n) is 13.1. The molecular formula is C28H46O3. The number of carbonyl (C=O) groups excluding carboxylic acids is 1. The SMILES string of the molecule is CO[C@H]1CC[C@]2(C)C3=C(OC(=O)[C@]2(C)C1)[C@@H]1CC[C@H]([C@H](C)CCCC(C)C)[C@@]1(C)CC3. The van der Waals surface area contributed by atoms with Crippen molar-refractivity contribution in [1.29, 1.82) is 0 Å². The molecule has 0 aromatic rings. The molecule has 4 rings (SSSR count). The van der Waals surface area contributed by atoms with Gasteiger partial charge in [-0.2, -0.15) is 0 Å². The molecule has 4 aliphatic rings. The fourth-order valence-electron chi connectivity index (χ4n) is 8.16. The molecule has 3 heteroatoms. The fraction of sp³-hybridized carbons (Fsp3) is 0.893. The molecule has 3 nitrogen and oxygen atoms in total. The average molecular weight is 431 g/mol. The van der Waals surface area contributed by atoms with Gasteiger partial charge in [-0.1, -0.05) is 53.9 Å². The Morgan fingerprint density at radius 1 is 1.03 bits per heavy atom. The van der Waals surface area contributed by atoms with E-state index >= 15 is 0 Å². The third-order valence-electron chi connectivity index (χ3n) is 10.5. The standard InChI is InChI=1S/C28H46O3/c1-18(2)9-8-10-19(3)21-11-12-22-24-23(14-15-26(21,22)4)27(5)16-13-20(30-7)17-28(27,6)25(29)31-24/h18-22H,8-17H2,1-7H3/t19-,20+,21-,22+,26-,27-,28+/m1/s1. The Balaban J connectivity index is 1.60. The normalized spacial score (nSPS) is 43.4. The number of methoxy groups -OCH3 is 1. The molecule has 0 amide bonds. The molecule has 0 aromatic heterocycles. The van der Waals surface area contributed by atoms with Crippen molar-refractivity contribution in [1.82, 2.24) is 0 Å². The molecular weight excluding hydrogens is 384 g/mol. The van der Waals surface area contributed by atoms with E-state index in [1.54, 1.807) is 7.11 Å². The van der Waals surface area contributed by atoms with Crippen molar-refractivity contribution in [2.75, 3.05) is 7.11 Å². The van der Waals surface area contributed by atoms with Crippen LogP contribution in [0.15, 0.2) is 11.3 Å². The largest absolute Gasteiger partial charge is 0.430 e. The smallest absolute Gasteiger partial charge is 0.317 e. The van der Waals surface area contributed by atoms with Crippen LogP contribution in [0.1, 0.15) is 106 Å². The summed E-state index contributed by atoms with van der Waals surface area (Å²) in [5.41, 5.74) is 1.24. The van der Waals surface area contributed by atoms with Gasteiger partial charge in [-0.05, 0) is 80.6 Å². The minimum Gasteiger partial charge on any atom is -0.430 e. The number of allylic oxidation sites excluding steroid dienone is 2. The summed E-state index contributed by atoms with van der Waals surface area (Å²) in [5, 5.41) is 0. The number of esters is 1. The molecule has 176 valence electrons. The van der Waals surface area contributed by atoms with Crippen molar-refractivity contribution in [3.05, 3.63) is 11.3 Å². The van der Waals surface area contributed by atoms with Crippen LogP contribution in [0.25, 0.3) is 0 Å². The van der Waals surface area contributed by atoms with Gasteiger partial charge in [-0.15, -0.1) is 0 Å². The molecule has 2 saturated carbocycles. The van der Waals surface area contributed by atoms with Crippen LogP contribution in [-0.2, 0) is 14.3 Å². The molecule has 0 saturated heterocycles. The molecule has 0 N–H and O–H groups in total. The number of hydrogen-bond acceptors (Lipinski definition) is 3. The monoisotopic (exact) mass is 430 g/mol. The lowest BCUT2D eigenvalue weighted by Gasteiger charge is -2.57. The summed E-state index contributed by atoms with van der Waals surface area (Å²) >= 11 is 0. The van der Waals surface area contributed by atoms with E-state index in [2.05, 4.69) is 41.5 Å². The van der Waals surface area contributed by atoms with Gasteiger partial charge in [0, 0.05) is 18.4 Å². The predicted molar refractivity (Wildman–Crippen MR) is 125 cm³/mol. The minimum absolute atomic E-state index is 0.00758. The number of fused-ring (bicyclic) bond motifs is 4. The van der Waals surface area contributed by atoms with Crippen LogP contribution < -0.4 is 0 Å². The van der Waals surface area contributed by atoms with E-state index in [9.17, 15) is 4.79 Å². The second-order valence-corrected chi connectivity index (χ2v) is 12.5. The second-order valence-electron chi connectivity index (χ2n) is 12.5. The van der Waals surface area contributed by atoms with Gasteiger partial charge in [-0.3, -0.25) is 4.79 Å². The van der Waals surface area contributed by atoms with Crippen molar-refractivity contribution in [2.45, 2.75) is 112 Å². The molecule has 2 fully saturated rings. The Morgan fingerprint density at radius 2 is 1.77 bits per heavy atom. The summed E-state index contributed by atoms with van der Waals surface area (Å²) in [5.74, 6) is 3.85. The summed E-state index contributed by atoms with van der Waals surface area (Å²) in [6.07, 6.45) is 11.9. The van der Waals surface area contributed by atoms with Gasteiger partial charge in [0.05, 0.1) is 11.5 Å². The third kappa shape index (κ3) is 3.52. The maximum absolute atomic E-state index is 13.5. The van der Waals surface area contributed by atoms with Crippen LogP contribution >= 0.6 is 0 Å². The number of hydrogen-bond donors (Lipinski definition) is 0. The Kier molecular flexibility index (Phi) is 6.16. The zero-order valence-corrected chi connectivity index (χ0v) is 21.2. The van der Waals surface area contributed by atoms with E-state index < -0.39 is 5.41 Å². The molecule has 31 heavy (non-hydrogen) atoms. The van der Waals surface area contributed by atoms with Gasteiger partial charge < -0.3 is 9.47 Å². The first kappa shape index (κ1) is 23.3. The van der Waals surface area contributed by atoms with Crippen LogP contribution in [0.4, 0.5) is 0 Å². The molecule has 3 aliphatic carbocycles. The van der Waals surface area contributed by atoms with Gasteiger partial charge in [0.2, 0.25) is 0 Å². The predicted octanol–water partition coefficient (Wildman–Crippen LogP) is 7.30. The Morgan fingerprint density at radius 3 is 2.45 bits per heavy atom. The van der Waals surface area contributed by atoms with Crippen molar-refractivity contribution >= 4 is 5.97 Å². The molecule has 1 aliphatic heterocycles. The Hall–Kier alpha value is -0.830.